The van der Waals surface area contributed by atoms with Crippen molar-refractivity contribution in [3.05, 3.63) is 28.8 Å². The van der Waals surface area contributed by atoms with Crippen LogP contribution in [-0.2, 0) is 11.0 Å². The standard InChI is InChI=1S/C14H16ClF3N2O/c1-13(4-2-3-11(13)19)12(21)20-10-6-8(14(16,17)18)5-9(15)7-10/h5-7,11H,2-4,19H2,1H3,(H,20,21). The van der Waals surface area contributed by atoms with E-state index < -0.39 is 17.2 Å². The third-order valence-electron chi connectivity index (χ3n) is 4.03. The van der Waals surface area contributed by atoms with Crippen LogP contribution in [0.5, 0.6) is 0 Å². The first-order chi connectivity index (χ1) is 9.63. The SMILES string of the molecule is CC1(C(=O)Nc2cc(Cl)cc(C(F)(F)F)c2)CCCC1N. The second-order valence-corrected chi connectivity index (χ2v) is 6.03. The topological polar surface area (TPSA) is 55.1 Å². The lowest BCUT2D eigenvalue weighted by Gasteiger charge is -2.27. The summed E-state index contributed by atoms with van der Waals surface area (Å²) in [4.78, 5) is 12.3. The summed E-state index contributed by atoms with van der Waals surface area (Å²) in [6.07, 6.45) is -2.34. The molecule has 3 nitrogen and oxygen atoms in total. The van der Waals surface area contributed by atoms with Crippen molar-refractivity contribution < 1.29 is 18.0 Å². The number of rotatable bonds is 2. The number of nitrogens with two attached hydrogens (primary N) is 1. The Labute approximate surface area is 125 Å². The molecule has 116 valence electrons. The van der Waals surface area contributed by atoms with Gasteiger partial charge in [0.25, 0.3) is 0 Å². The number of nitrogens with one attached hydrogen (secondary N) is 1. The molecule has 1 aliphatic rings. The number of halogens is 4. The first-order valence-electron chi connectivity index (χ1n) is 6.58. The summed E-state index contributed by atoms with van der Waals surface area (Å²) in [7, 11) is 0. The van der Waals surface area contributed by atoms with E-state index in [4.69, 9.17) is 17.3 Å². The van der Waals surface area contributed by atoms with Crippen LogP contribution in [0.4, 0.5) is 18.9 Å². The van der Waals surface area contributed by atoms with Crippen LogP contribution in [0.2, 0.25) is 5.02 Å². The molecule has 0 bridgehead atoms. The van der Waals surface area contributed by atoms with Crippen LogP contribution in [-0.4, -0.2) is 11.9 Å². The third-order valence-corrected chi connectivity index (χ3v) is 4.25. The highest BCUT2D eigenvalue weighted by atomic mass is 35.5. The van der Waals surface area contributed by atoms with Crippen molar-refractivity contribution >= 4 is 23.2 Å². The van der Waals surface area contributed by atoms with Crippen LogP contribution >= 0.6 is 11.6 Å². The molecule has 1 aliphatic carbocycles. The molecule has 1 aromatic carbocycles. The maximum Gasteiger partial charge on any atom is 0.416 e. The van der Waals surface area contributed by atoms with Gasteiger partial charge in [-0.15, -0.1) is 0 Å². The van der Waals surface area contributed by atoms with Crippen LogP contribution in [0.1, 0.15) is 31.7 Å². The Bertz CT molecular complexity index is 562. The van der Waals surface area contributed by atoms with Gasteiger partial charge in [-0.25, -0.2) is 0 Å². The summed E-state index contributed by atoms with van der Waals surface area (Å²) in [5, 5.41) is 2.42. The Morgan fingerprint density at radius 1 is 1.43 bits per heavy atom. The average molecular weight is 321 g/mol. The molecular formula is C14H16ClF3N2O. The zero-order valence-corrected chi connectivity index (χ0v) is 12.2. The molecule has 1 aromatic rings. The average Bonchev–Trinajstić information content (AvgIpc) is 2.69. The summed E-state index contributed by atoms with van der Waals surface area (Å²) in [5.74, 6) is -0.372. The predicted molar refractivity (Wildman–Crippen MR) is 75.0 cm³/mol. The molecule has 7 heteroatoms. The minimum Gasteiger partial charge on any atom is -0.327 e. The molecule has 0 spiro atoms. The third kappa shape index (κ3) is 3.32. The second-order valence-electron chi connectivity index (χ2n) is 5.60. The molecule has 0 aliphatic heterocycles. The Kier molecular flexibility index (Phi) is 4.22. The highest BCUT2D eigenvalue weighted by molar-refractivity contribution is 6.31. The van der Waals surface area contributed by atoms with E-state index in [2.05, 4.69) is 5.32 Å². The number of benzene rings is 1. The lowest BCUT2D eigenvalue weighted by Crippen LogP contribution is -2.44. The van der Waals surface area contributed by atoms with E-state index >= 15 is 0 Å². The van der Waals surface area contributed by atoms with Gasteiger partial charge in [0.05, 0.1) is 11.0 Å². The molecule has 1 fully saturated rings. The number of carbonyl (C=O) groups is 1. The molecule has 1 saturated carbocycles. The van der Waals surface area contributed by atoms with Gasteiger partial charge < -0.3 is 11.1 Å². The van der Waals surface area contributed by atoms with Crippen molar-refractivity contribution in [3.8, 4) is 0 Å². The van der Waals surface area contributed by atoms with Gasteiger partial charge in [0, 0.05) is 16.8 Å². The molecule has 1 amide bonds. The van der Waals surface area contributed by atoms with Gasteiger partial charge in [0.15, 0.2) is 0 Å². The molecule has 21 heavy (non-hydrogen) atoms. The monoisotopic (exact) mass is 320 g/mol. The molecule has 0 saturated heterocycles. The van der Waals surface area contributed by atoms with Gasteiger partial charge in [-0.05, 0) is 38.0 Å². The number of alkyl halides is 3. The van der Waals surface area contributed by atoms with Gasteiger partial charge in [-0.1, -0.05) is 18.0 Å². The van der Waals surface area contributed by atoms with Crippen LogP contribution in [0.15, 0.2) is 18.2 Å². The first kappa shape index (κ1) is 16.1. The number of hydrogen-bond donors (Lipinski definition) is 2. The van der Waals surface area contributed by atoms with E-state index in [0.717, 1.165) is 25.0 Å². The van der Waals surface area contributed by atoms with Gasteiger partial charge in [-0.2, -0.15) is 13.2 Å². The molecule has 0 aromatic heterocycles. The maximum atomic E-state index is 12.7. The normalized spacial score (nSPS) is 25.9. The Morgan fingerprint density at radius 2 is 2.10 bits per heavy atom. The summed E-state index contributed by atoms with van der Waals surface area (Å²) in [5.41, 5.74) is 4.30. The molecule has 0 radical (unpaired) electrons. The van der Waals surface area contributed by atoms with Crippen LogP contribution < -0.4 is 11.1 Å². The van der Waals surface area contributed by atoms with Gasteiger partial charge in [0.2, 0.25) is 5.91 Å². The van der Waals surface area contributed by atoms with Gasteiger partial charge >= 0.3 is 6.18 Å². The molecular weight excluding hydrogens is 305 g/mol. The molecule has 2 rings (SSSR count). The molecule has 0 heterocycles. The smallest absolute Gasteiger partial charge is 0.327 e. The van der Waals surface area contributed by atoms with E-state index in [1.165, 1.54) is 6.07 Å². The summed E-state index contributed by atoms with van der Waals surface area (Å²) < 4.78 is 38.2. The lowest BCUT2D eigenvalue weighted by molar-refractivity contribution is -0.137. The zero-order valence-electron chi connectivity index (χ0n) is 11.4. The van der Waals surface area contributed by atoms with Gasteiger partial charge in [-0.3, -0.25) is 4.79 Å². The molecule has 3 N–H and O–H groups in total. The van der Waals surface area contributed by atoms with E-state index in [1.54, 1.807) is 6.92 Å². The Morgan fingerprint density at radius 3 is 2.62 bits per heavy atom. The summed E-state index contributed by atoms with van der Waals surface area (Å²) >= 11 is 5.69. The van der Waals surface area contributed by atoms with Crippen molar-refractivity contribution in [2.75, 3.05) is 5.32 Å². The number of anilines is 1. The zero-order chi connectivity index (χ0) is 15.8. The van der Waals surface area contributed by atoms with Crippen molar-refractivity contribution in [2.24, 2.45) is 11.1 Å². The molecule has 2 atom stereocenters. The van der Waals surface area contributed by atoms with E-state index in [-0.39, 0.29) is 22.7 Å². The summed E-state index contributed by atoms with van der Waals surface area (Å²) in [6, 6.07) is 2.69. The van der Waals surface area contributed by atoms with Gasteiger partial charge in [0.1, 0.15) is 0 Å². The van der Waals surface area contributed by atoms with E-state index in [0.29, 0.717) is 6.42 Å². The van der Waals surface area contributed by atoms with E-state index in [9.17, 15) is 18.0 Å². The fourth-order valence-electron chi connectivity index (χ4n) is 2.57. The Hall–Kier alpha value is -1.27. The highest BCUT2D eigenvalue weighted by Crippen LogP contribution is 2.38. The van der Waals surface area contributed by atoms with Crippen molar-refractivity contribution in [1.82, 2.24) is 0 Å². The lowest BCUT2D eigenvalue weighted by atomic mass is 9.84. The predicted octanol–water partition coefficient (Wildman–Crippen LogP) is 3.81. The Balaban J connectivity index is 2.24. The highest BCUT2D eigenvalue weighted by Gasteiger charge is 2.43. The maximum absolute atomic E-state index is 12.7. The van der Waals surface area contributed by atoms with Crippen LogP contribution in [0.25, 0.3) is 0 Å². The van der Waals surface area contributed by atoms with Crippen molar-refractivity contribution in [2.45, 2.75) is 38.4 Å². The largest absolute Gasteiger partial charge is 0.416 e. The minimum absolute atomic E-state index is 0.0279. The number of amides is 1. The summed E-state index contributed by atoms with van der Waals surface area (Å²) in [6.45, 7) is 1.73. The fraction of sp³-hybridized carbons (Fsp3) is 0.500. The quantitative estimate of drug-likeness (QED) is 0.870. The van der Waals surface area contributed by atoms with E-state index in [1.807, 2.05) is 0 Å². The number of hydrogen-bond acceptors (Lipinski definition) is 2. The molecule has 2 unspecified atom stereocenters. The fourth-order valence-corrected chi connectivity index (χ4v) is 2.81. The first-order valence-corrected chi connectivity index (χ1v) is 6.95. The number of carbonyl (C=O) groups excluding carboxylic acids is 1. The van der Waals surface area contributed by atoms with Crippen molar-refractivity contribution in [3.63, 3.8) is 0 Å². The van der Waals surface area contributed by atoms with Crippen LogP contribution in [0.3, 0.4) is 0 Å². The van der Waals surface area contributed by atoms with Crippen LogP contribution in [0, 0.1) is 5.41 Å². The second kappa shape index (κ2) is 5.50. The minimum atomic E-state index is -4.52. The van der Waals surface area contributed by atoms with Crippen molar-refractivity contribution in [1.29, 1.82) is 0 Å².